The van der Waals surface area contributed by atoms with E-state index in [1.807, 2.05) is 84.9 Å². The van der Waals surface area contributed by atoms with Gasteiger partial charge in [0.1, 0.15) is 11.6 Å². The van der Waals surface area contributed by atoms with E-state index in [4.69, 9.17) is 9.15 Å². The Labute approximate surface area is 168 Å². The van der Waals surface area contributed by atoms with Crippen molar-refractivity contribution in [3.63, 3.8) is 0 Å². The second-order valence-electron chi connectivity index (χ2n) is 6.45. The van der Waals surface area contributed by atoms with E-state index in [2.05, 4.69) is 4.98 Å². The molecule has 1 aromatic heterocycles. The van der Waals surface area contributed by atoms with Crippen molar-refractivity contribution in [1.82, 2.24) is 4.98 Å². The van der Waals surface area contributed by atoms with Crippen molar-refractivity contribution in [3.05, 3.63) is 96.1 Å². The van der Waals surface area contributed by atoms with Crippen LogP contribution in [0.3, 0.4) is 0 Å². The van der Waals surface area contributed by atoms with Gasteiger partial charge in [0.05, 0.1) is 12.7 Å². The average Bonchev–Trinajstić information content (AvgIpc) is 3.17. The third-order valence-electron chi connectivity index (χ3n) is 4.33. The van der Waals surface area contributed by atoms with E-state index in [0.717, 1.165) is 22.2 Å². The van der Waals surface area contributed by atoms with Crippen LogP contribution >= 0.6 is 11.8 Å². The quantitative estimate of drug-likeness (QED) is 0.424. The number of fused-ring (bicyclic) bond motifs is 1. The topological polar surface area (TPSA) is 55.5 Å². The summed E-state index contributed by atoms with van der Waals surface area (Å²) in [5, 5.41) is 11.0. The summed E-state index contributed by atoms with van der Waals surface area (Å²) in [4.78, 5) is 4.42. The molecule has 0 saturated carbocycles. The van der Waals surface area contributed by atoms with E-state index in [0.29, 0.717) is 11.0 Å². The van der Waals surface area contributed by atoms with E-state index >= 15 is 0 Å². The molecule has 0 spiro atoms. The molecule has 0 aliphatic heterocycles. The van der Waals surface area contributed by atoms with Crippen molar-refractivity contribution in [2.45, 2.75) is 17.4 Å². The van der Waals surface area contributed by atoms with Crippen LogP contribution in [0.2, 0.25) is 0 Å². The molecule has 4 rings (SSSR count). The van der Waals surface area contributed by atoms with Gasteiger partial charge in [-0.15, -0.1) is 0 Å². The summed E-state index contributed by atoms with van der Waals surface area (Å²) in [6.07, 6.45) is -0.846. The minimum Gasteiger partial charge on any atom is -0.431 e. The highest BCUT2D eigenvalue weighted by Crippen LogP contribution is 2.27. The van der Waals surface area contributed by atoms with Crippen LogP contribution in [0, 0.1) is 0 Å². The van der Waals surface area contributed by atoms with Gasteiger partial charge in [0.2, 0.25) is 0 Å². The summed E-state index contributed by atoms with van der Waals surface area (Å²) in [7, 11) is 0. The number of hydrogen-bond acceptors (Lipinski definition) is 5. The second kappa shape index (κ2) is 9.06. The standard InChI is InChI=1S/C23H21NO3S/c25-19(16-28-23-24-20-13-7-8-14-21(20)27-23)15-26-22(17-9-3-1-4-10-17)18-11-5-2-6-12-18/h1-14,19,22,25H,15-16H2/t19-/m1/s1. The molecule has 0 aliphatic carbocycles. The molecule has 0 radical (unpaired) electrons. The van der Waals surface area contributed by atoms with Crippen molar-refractivity contribution in [1.29, 1.82) is 0 Å². The number of nitrogens with zero attached hydrogens (tertiary/aromatic N) is 1. The molecule has 1 atom stereocenters. The number of ether oxygens (including phenoxy) is 1. The SMILES string of the molecule is O[C@H](COC(c1ccccc1)c1ccccc1)CSc1nc2ccccc2o1. The van der Waals surface area contributed by atoms with Crippen LogP contribution in [0.15, 0.2) is 94.6 Å². The number of hydrogen-bond donors (Lipinski definition) is 1. The smallest absolute Gasteiger partial charge is 0.256 e. The maximum Gasteiger partial charge on any atom is 0.256 e. The molecule has 4 nitrogen and oxygen atoms in total. The molecule has 0 saturated heterocycles. The van der Waals surface area contributed by atoms with E-state index in [9.17, 15) is 5.11 Å². The largest absolute Gasteiger partial charge is 0.431 e. The third kappa shape index (κ3) is 4.62. The molecule has 0 unspecified atom stereocenters. The fourth-order valence-corrected chi connectivity index (χ4v) is 3.72. The molecule has 1 heterocycles. The normalized spacial score (nSPS) is 12.5. The minimum absolute atomic E-state index is 0.216. The summed E-state index contributed by atoms with van der Waals surface area (Å²) >= 11 is 1.39. The molecule has 1 N–H and O–H groups in total. The molecule has 0 aliphatic rings. The van der Waals surface area contributed by atoms with Gasteiger partial charge in [0.25, 0.3) is 5.22 Å². The third-order valence-corrected chi connectivity index (χ3v) is 5.31. The Morgan fingerprint density at radius 1 is 0.857 bits per heavy atom. The van der Waals surface area contributed by atoms with Crippen molar-refractivity contribution < 1.29 is 14.3 Å². The number of thioether (sulfide) groups is 1. The van der Waals surface area contributed by atoms with Gasteiger partial charge in [-0.25, -0.2) is 4.98 Å². The number of para-hydroxylation sites is 2. The molecule has 3 aromatic carbocycles. The number of aromatic nitrogens is 1. The lowest BCUT2D eigenvalue weighted by Crippen LogP contribution is -2.20. The molecule has 0 fully saturated rings. The van der Waals surface area contributed by atoms with E-state index in [-0.39, 0.29) is 12.7 Å². The fourth-order valence-electron chi connectivity index (χ4n) is 2.98. The van der Waals surface area contributed by atoms with Gasteiger partial charge in [-0.2, -0.15) is 0 Å². The van der Waals surface area contributed by atoms with Crippen LogP contribution in [0.1, 0.15) is 17.2 Å². The maximum absolute atomic E-state index is 10.4. The van der Waals surface area contributed by atoms with Gasteiger partial charge in [-0.05, 0) is 23.3 Å². The Bertz CT molecular complexity index is 931. The van der Waals surface area contributed by atoms with Crippen LogP contribution in [0.4, 0.5) is 0 Å². The lowest BCUT2D eigenvalue weighted by Gasteiger charge is -2.20. The van der Waals surface area contributed by atoms with Gasteiger partial charge in [0, 0.05) is 5.75 Å². The molecule has 4 aromatic rings. The summed E-state index contributed by atoms with van der Waals surface area (Å²) < 4.78 is 11.8. The van der Waals surface area contributed by atoms with Crippen LogP contribution in [0.5, 0.6) is 0 Å². The van der Waals surface area contributed by atoms with E-state index < -0.39 is 6.10 Å². The molecule has 0 bridgehead atoms. The van der Waals surface area contributed by atoms with Crippen LogP contribution in [-0.4, -0.2) is 28.6 Å². The van der Waals surface area contributed by atoms with Crippen molar-refractivity contribution in [3.8, 4) is 0 Å². The monoisotopic (exact) mass is 391 g/mol. The zero-order chi connectivity index (χ0) is 19.2. The van der Waals surface area contributed by atoms with Crippen LogP contribution in [-0.2, 0) is 4.74 Å². The highest BCUT2D eigenvalue weighted by Gasteiger charge is 2.17. The van der Waals surface area contributed by atoms with Gasteiger partial charge in [-0.1, -0.05) is 84.6 Å². The zero-order valence-electron chi connectivity index (χ0n) is 15.3. The first-order valence-electron chi connectivity index (χ1n) is 9.17. The van der Waals surface area contributed by atoms with Gasteiger partial charge >= 0.3 is 0 Å². The zero-order valence-corrected chi connectivity index (χ0v) is 16.1. The second-order valence-corrected chi connectivity index (χ2v) is 7.42. The Morgan fingerprint density at radius 3 is 2.11 bits per heavy atom. The minimum atomic E-state index is -0.630. The van der Waals surface area contributed by atoms with Crippen LogP contribution < -0.4 is 0 Å². The van der Waals surface area contributed by atoms with Crippen molar-refractivity contribution in [2.24, 2.45) is 0 Å². The summed E-state index contributed by atoms with van der Waals surface area (Å²) in [6.45, 7) is 0.224. The number of aliphatic hydroxyl groups excluding tert-OH is 1. The summed E-state index contributed by atoms with van der Waals surface area (Å²) in [5.41, 5.74) is 3.70. The molecular weight excluding hydrogens is 370 g/mol. The molecular formula is C23H21NO3S. The lowest BCUT2D eigenvalue weighted by atomic mass is 10.0. The molecule has 28 heavy (non-hydrogen) atoms. The van der Waals surface area contributed by atoms with E-state index in [1.54, 1.807) is 0 Å². The first-order valence-corrected chi connectivity index (χ1v) is 10.2. The average molecular weight is 391 g/mol. The van der Waals surface area contributed by atoms with Gasteiger partial charge < -0.3 is 14.3 Å². The number of oxazole rings is 1. The predicted molar refractivity (Wildman–Crippen MR) is 111 cm³/mol. The highest BCUT2D eigenvalue weighted by molar-refractivity contribution is 7.99. The molecule has 5 heteroatoms. The van der Waals surface area contributed by atoms with E-state index in [1.165, 1.54) is 11.8 Å². The maximum atomic E-state index is 10.4. The molecule has 0 amide bonds. The van der Waals surface area contributed by atoms with Crippen molar-refractivity contribution in [2.75, 3.05) is 12.4 Å². The van der Waals surface area contributed by atoms with Crippen LogP contribution in [0.25, 0.3) is 11.1 Å². The fraction of sp³-hybridized carbons (Fsp3) is 0.174. The molecule has 142 valence electrons. The Morgan fingerprint density at radius 2 is 1.46 bits per heavy atom. The number of benzene rings is 3. The summed E-state index contributed by atoms with van der Waals surface area (Å²) in [6, 6.07) is 27.7. The number of aliphatic hydroxyl groups is 1. The predicted octanol–water partition coefficient (Wildman–Crippen LogP) is 5.09. The first kappa shape index (κ1) is 18.7. The number of rotatable bonds is 8. The Balaban J connectivity index is 1.38. The van der Waals surface area contributed by atoms with Gasteiger partial charge in [0.15, 0.2) is 5.58 Å². The lowest BCUT2D eigenvalue weighted by molar-refractivity contribution is 0.0155. The highest BCUT2D eigenvalue weighted by atomic mass is 32.2. The summed E-state index contributed by atoms with van der Waals surface area (Å²) in [5.74, 6) is 0.448. The van der Waals surface area contributed by atoms with Gasteiger partial charge in [-0.3, -0.25) is 0 Å². The Kier molecular flexibility index (Phi) is 6.07. The Hall–Kier alpha value is -2.60. The van der Waals surface area contributed by atoms with Crippen molar-refractivity contribution >= 4 is 22.9 Å². The first-order chi connectivity index (χ1) is 13.8.